The molecule has 174 valence electrons. The third-order valence-corrected chi connectivity index (χ3v) is 5.85. The van der Waals surface area contributed by atoms with E-state index in [9.17, 15) is 15.0 Å². The molecule has 1 aliphatic heterocycles. The van der Waals surface area contributed by atoms with Crippen LogP contribution in [0.4, 0.5) is 0 Å². The van der Waals surface area contributed by atoms with Gasteiger partial charge in [0.1, 0.15) is 11.5 Å². The Bertz CT molecular complexity index is 1260. The minimum absolute atomic E-state index is 0.0691. The number of carbonyl (C=O) groups is 1. The van der Waals surface area contributed by atoms with E-state index < -0.39 is 0 Å². The minimum atomic E-state index is -0.286. The van der Waals surface area contributed by atoms with E-state index in [1.54, 1.807) is 54.6 Å². The van der Waals surface area contributed by atoms with Crippen LogP contribution in [0.15, 0.2) is 74.3 Å². The van der Waals surface area contributed by atoms with E-state index in [0.717, 1.165) is 11.8 Å². The van der Waals surface area contributed by atoms with Gasteiger partial charge in [-0.1, -0.05) is 18.2 Å². The molecule has 1 aliphatic rings. The van der Waals surface area contributed by atoms with Crippen molar-refractivity contribution in [2.75, 3.05) is 14.2 Å². The van der Waals surface area contributed by atoms with Crippen molar-refractivity contribution in [2.24, 2.45) is 10.2 Å². The van der Waals surface area contributed by atoms with Crippen LogP contribution >= 0.6 is 11.8 Å². The Morgan fingerprint density at radius 1 is 1.09 bits per heavy atom. The maximum atomic E-state index is 13.1. The third-order valence-electron chi connectivity index (χ3n) is 4.86. The first kappa shape index (κ1) is 23.0. The standard InChI is InChI=1S/C24H21N3O6S/c1-31-19-10-15(11-20(32-2)22(19)29)13-25-26-24-27(14-17-7-5-9-33-17)23(30)21(34-24)12-16-6-3-4-8-18(16)28/h3-13,28-29H,14H2,1-2H3/b21-12-,25-13-,26-24+. The number of hydrogen-bond acceptors (Lipinski definition) is 9. The predicted octanol–water partition coefficient (Wildman–Crippen LogP) is 4.21. The van der Waals surface area contributed by atoms with Crippen LogP contribution in [0.2, 0.25) is 0 Å². The molecule has 0 atom stereocenters. The van der Waals surface area contributed by atoms with E-state index in [1.165, 1.54) is 31.6 Å². The largest absolute Gasteiger partial charge is 0.507 e. The first-order valence-corrected chi connectivity index (χ1v) is 10.9. The van der Waals surface area contributed by atoms with E-state index in [1.807, 2.05) is 0 Å². The Hall–Kier alpha value is -4.18. The first-order chi connectivity index (χ1) is 16.5. The van der Waals surface area contributed by atoms with Crippen molar-refractivity contribution in [3.8, 4) is 23.0 Å². The van der Waals surface area contributed by atoms with Gasteiger partial charge in [-0.25, -0.2) is 0 Å². The van der Waals surface area contributed by atoms with Crippen molar-refractivity contribution >= 4 is 35.1 Å². The lowest BCUT2D eigenvalue weighted by atomic mass is 10.2. The summed E-state index contributed by atoms with van der Waals surface area (Å²) in [4.78, 5) is 14.9. The van der Waals surface area contributed by atoms with Crippen molar-refractivity contribution in [3.05, 3.63) is 76.6 Å². The maximum Gasteiger partial charge on any atom is 0.267 e. The highest BCUT2D eigenvalue weighted by atomic mass is 32.2. The van der Waals surface area contributed by atoms with Gasteiger partial charge in [-0.15, -0.1) is 5.10 Å². The number of carbonyl (C=O) groups excluding carboxylic acids is 1. The van der Waals surface area contributed by atoms with Crippen molar-refractivity contribution in [3.63, 3.8) is 0 Å². The Morgan fingerprint density at radius 2 is 1.82 bits per heavy atom. The summed E-state index contributed by atoms with van der Waals surface area (Å²) in [6.45, 7) is 0.173. The number of aromatic hydroxyl groups is 2. The zero-order valence-electron chi connectivity index (χ0n) is 18.3. The molecule has 3 aromatic rings. The molecule has 9 nitrogen and oxygen atoms in total. The predicted molar refractivity (Wildman–Crippen MR) is 129 cm³/mol. The van der Waals surface area contributed by atoms with Crippen LogP contribution in [0.3, 0.4) is 0 Å². The SMILES string of the molecule is COc1cc(/C=N\N=C2\S/C(=C\c3ccccc3O)C(=O)N2Cc2ccco2)cc(OC)c1O. The fourth-order valence-corrected chi connectivity index (χ4v) is 4.09. The maximum absolute atomic E-state index is 13.1. The third kappa shape index (κ3) is 4.91. The summed E-state index contributed by atoms with van der Waals surface area (Å²) in [7, 11) is 2.86. The molecule has 4 rings (SSSR count). The van der Waals surface area contributed by atoms with Crippen molar-refractivity contribution in [1.82, 2.24) is 4.90 Å². The number of hydrogen-bond donors (Lipinski definition) is 2. The number of phenolic OH excluding ortho intramolecular Hbond substituents is 2. The van der Waals surface area contributed by atoms with Gasteiger partial charge in [-0.3, -0.25) is 9.69 Å². The number of amides is 1. The van der Waals surface area contributed by atoms with Crippen LogP contribution in [0.25, 0.3) is 6.08 Å². The van der Waals surface area contributed by atoms with Crippen molar-refractivity contribution in [2.45, 2.75) is 6.54 Å². The molecule has 1 saturated heterocycles. The highest BCUT2D eigenvalue weighted by Crippen LogP contribution is 2.37. The van der Waals surface area contributed by atoms with Gasteiger partial charge in [0.25, 0.3) is 5.91 Å². The van der Waals surface area contributed by atoms with Gasteiger partial charge in [0.2, 0.25) is 5.75 Å². The molecule has 0 spiro atoms. The lowest BCUT2D eigenvalue weighted by Crippen LogP contribution is -2.28. The van der Waals surface area contributed by atoms with Gasteiger partial charge in [0, 0.05) is 11.1 Å². The lowest BCUT2D eigenvalue weighted by molar-refractivity contribution is -0.122. The smallest absolute Gasteiger partial charge is 0.267 e. The Morgan fingerprint density at radius 3 is 2.47 bits per heavy atom. The molecule has 2 heterocycles. The van der Waals surface area contributed by atoms with Crippen molar-refractivity contribution in [1.29, 1.82) is 0 Å². The van der Waals surface area contributed by atoms with Gasteiger partial charge >= 0.3 is 0 Å². The summed E-state index contributed by atoms with van der Waals surface area (Å²) in [5, 5.41) is 28.9. The Balaban J connectivity index is 1.65. The summed E-state index contributed by atoms with van der Waals surface area (Å²) in [5.74, 6) is 0.708. The molecule has 2 N–H and O–H groups in total. The molecule has 0 saturated carbocycles. The van der Waals surface area contributed by atoms with E-state index in [2.05, 4.69) is 10.2 Å². The van der Waals surface area contributed by atoms with Gasteiger partial charge in [0.15, 0.2) is 16.7 Å². The molecule has 1 amide bonds. The summed E-state index contributed by atoms with van der Waals surface area (Å²) < 4.78 is 15.7. The summed E-state index contributed by atoms with van der Waals surface area (Å²) in [6.07, 6.45) is 4.60. The summed E-state index contributed by atoms with van der Waals surface area (Å²) in [6, 6.07) is 13.4. The van der Waals surface area contributed by atoms with Crippen molar-refractivity contribution < 1.29 is 28.9 Å². The summed E-state index contributed by atoms with van der Waals surface area (Å²) >= 11 is 1.14. The number of methoxy groups -OCH3 is 2. The number of rotatable bonds is 7. The molecule has 1 fully saturated rings. The fraction of sp³-hybridized carbons (Fsp3) is 0.125. The second-order valence-electron chi connectivity index (χ2n) is 7.04. The Kier molecular flexibility index (Phi) is 6.88. The number of benzene rings is 2. The molecule has 1 aromatic heterocycles. The number of phenols is 2. The quantitative estimate of drug-likeness (QED) is 0.296. The molecule has 2 aromatic carbocycles. The highest BCUT2D eigenvalue weighted by Gasteiger charge is 2.34. The van der Waals surface area contributed by atoms with E-state index in [-0.39, 0.29) is 35.4 Å². The monoisotopic (exact) mass is 479 g/mol. The second kappa shape index (κ2) is 10.2. The molecule has 10 heteroatoms. The van der Waals surface area contributed by atoms with Crippen LogP contribution in [0.5, 0.6) is 23.0 Å². The molecule has 0 unspecified atom stereocenters. The van der Waals surface area contributed by atoms with E-state index >= 15 is 0 Å². The Labute approximate surface area is 199 Å². The minimum Gasteiger partial charge on any atom is -0.507 e. The molecule has 34 heavy (non-hydrogen) atoms. The lowest BCUT2D eigenvalue weighted by Gasteiger charge is -2.12. The second-order valence-corrected chi connectivity index (χ2v) is 8.05. The fourth-order valence-electron chi connectivity index (χ4n) is 3.16. The van der Waals surface area contributed by atoms with Crippen LogP contribution in [-0.2, 0) is 11.3 Å². The normalized spacial score (nSPS) is 16.2. The van der Waals surface area contributed by atoms with E-state index in [0.29, 0.717) is 27.0 Å². The molecule has 0 aliphatic carbocycles. The van der Waals surface area contributed by atoms with Gasteiger partial charge in [-0.2, -0.15) is 5.10 Å². The number of nitrogens with zero attached hydrogens (tertiary/aromatic N) is 3. The van der Waals surface area contributed by atoms with Crippen LogP contribution in [-0.4, -0.2) is 46.6 Å². The van der Waals surface area contributed by atoms with Gasteiger partial charge in [0.05, 0.1) is 38.1 Å². The molecular weight excluding hydrogens is 458 g/mol. The number of ether oxygens (including phenoxy) is 2. The van der Waals surface area contributed by atoms with Gasteiger partial charge < -0.3 is 24.1 Å². The number of para-hydroxylation sites is 1. The van der Waals surface area contributed by atoms with E-state index in [4.69, 9.17) is 13.9 Å². The number of thioether (sulfide) groups is 1. The number of furan rings is 1. The van der Waals surface area contributed by atoms with Crippen LogP contribution < -0.4 is 9.47 Å². The topological polar surface area (TPSA) is 117 Å². The van der Waals surface area contributed by atoms with Crippen LogP contribution in [0.1, 0.15) is 16.9 Å². The number of amidine groups is 1. The van der Waals surface area contributed by atoms with Crippen LogP contribution in [0, 0.1) is 0 Å². The molecular formula is C24H21N3O6S. The average molecular weight is 480 g/mol. The zero-order valence-corrected chi connectivity index (χ0v) is 19.2. The first-order valence-electron chi connectivity index (χ1n) is 10.1. The highest BCUT2D eigenvalue weighted by molar-refractivity contribution is 8.18. The molecule has 0 radical (unpaired) electrons. The summed E-state index contributed by atoms with van der Waals surface area (Å²) in [5.41, 5.74) is 1.09. The van der Waals surface area contributed by atoms with Gasteiger partial charge in [-0.05, 0) is 48.2 Å². The average Bonchev–Trinajstić information content (AvgIpc) is 3.45. The zero-order chi connectivity index (χ0) is 24.1. The molecule has 0 bridgehead atoms.